The smallest absolute Gasteiger partial charge is 0.563 e. The third kappa shape index (κ3) is 10.1. The fourth-order valence-corrected chi connectivity index (χ4v) is 0.490. The maximum absolute atomic E-state index is 9.24. The van der Waals surface area contributed by atoms with Crippen LogP contribution in [0.5, 0.6) is 0 Å². The first-order valence-corrected chi connectivity index (χ1v) is 3.29. The van der Waals surface area contributed by atoms with Gasteiger partial charge in [-0.2, -0.15) is 0 Å². The summed E-state index contributed by atoms with van der Waals surface area (Å²) in [6.45, 7) is 0. The molecule has 8 heteroatoms. The number of hydrogen-bond acceptors (Lipinski definition) is 5. The van der Waals surface area contributed by atoms with Gasteiger partial charge >= 0.3 is 43.8 Å². The van der Waals surface area contributed by atoms with Crippen molar-refractivity contribution >= 4 is 16.5 Å². The molecule has 0 amide bonds. The fraction of sp³-hybridized carbons (Fsp3) is 0. The van der Waals surface area contributed by atoms with Crippen LogP contribution in [0.15, 0.2) is 0 Å². The summed E-state index contributed by atoms with van der Waals surface area (Å²) in [6.07, 6.45) is 0. The Hall–Kier alpha value is 1.00. The Kier molecular flexibility index (Phi) is 9.00. The van der Waals surface area contributed by atoms with E-state index in [1.54, 1.807) is 0 Å². The van der Waals surface area contributed by atoms with Crippen molar-refractivity contribution in [3.8, 4) is 0 Å². The molecule has 0 N–H and O–H groups in total. The second-order valence-electron chi connectivity index (χ2n) is 0.529. The summed E-state index contributed by atoms with van der Waals surface area (Å²) in [5, 5.41) is 0. The molecule has 2 atom stereocenters. The van der Waals surface area contributed by atoms with Crippen LogP contribution in [-0.2, 0) is 40.7 Å². The van der Waals surface area contributed by atoms with E-state index in [4.69, 9.17) is 0 Å². The van der Waals surface area contributed by atoms with Crippen LogP contribution in [0.2, 0.25) is 0 Å². The van der Waals surface area contributed by atoms with Gasteiger partial charge in [-0.05, 0) is 9.13 Å². The summed E-state index contributed by atoms with van der Waals surface area (Å²) in [4.78, 5) is 18.5. The van der Waals surface area contributed by atoms with E-state index in [1.165, 1.54) is 0 Å². The zero-order chi connectivity index (χ0) is 5.86. The SMILES string of the molecule is O=[P+]([O-])O[P+](=O)[O-].[Cd+2]. The van der Waals surface area contributed by atoms with E-state index >= 15 is 0 Å². The van der Waals surface area contributed by atoms with E-state index in [-0.39, 0.29) is 27.3 Å². The van der Waals surface area contributed by atoms with Gasteiger partial charge in [0.2, 0.25) is 0 Å². The van der Waals surface area contributed by atoms with Crippen molar-refractivity contribution in [1.82, 2.24) is 0 Å². The van der Waals surface area contributed by atoms with Crippen LogP contribution in [0, 0.1) is 0 Å². The quantitative estimate of drug-likeness (QED) is 0.467. The molecule has 0 aliphatic rings. The molecule has 2 unspecified atom stereocenters. The zero-order valence-electron chi connectivity index (χ0n) is 3.64. The number of rotatable bonds is 2. The molecule has 0 fully saturated rings. The summed E-state index contributed by atoms with van der Waals surface area (Å²) in [6, 6.07) is 0. The summed E-state index contributed by atoms with van der Waals surface area (Å²) < 4.78 is 21.6. The molecule has 0 rings (SSSR count). The van der Waals surface area contributed by atoms with Crippen LogP contribution in [0.3, 0.4) is 0 Å². The van der Waals surface area contributed by atoms with Crippen LogP contribution < -0.4 is 9.79 Å². The van der Waals surface area contributed by atoms with Crippen molar-refractivity contribution in [1.29, 1.82) is 0 Å². The topological polar surface area (TPSA) is 89.5 Å². The molecule has 40 valence electrons. The van der Waals surface area contributed by atoms with Crippen LogP contribution in [0.4, 0.5) is 0 Å². The van der Waals surface area contributed by atoms with E-state index in [1.807, 2.05) is 0 Å². The minimum Gasteiger partial charge on any atom is -0.563 e. The molecule has 0 aromatic heterocycles. The van der Waals surface area contributed by atoms with Crippen molar-refractivity contribution in [3.63, 3.8) is 0 Å². The van der Waals surface area contributed by atoms with Crippen LogP contribution in [0.25, 0.3) is 0 Å². The van der Waals surface area contributed by atoms with Gasteiger partial charge in [-0.3, -0.25) is 0 Å². The zero-order valence-corrected chi connectivity index (χ0v) is 9.47. The van der Waals surface area contributed by atoms with E-state index < -0.39 is 16.5 Å². The predicted molar refractivity (Wildman–Crippen MR) is 16.3 cm³/mol. The van der Waals surface area contributed by atoms with Gasteiger partial charge in [0.1, 0.15) is 4.31 Å². The van der Waals surface area contributed by atoms with Gasteiger partial charge in [-0.15, -0.1) is 0 Å². The molecule has 0 bridgehead atoms. The van der Waals surface area contributed by atoms with Crippen LogP contribution in [-0.4, -0.2) is 0 Å². The summed E-state index contributed by atoms with van der Waals surface area (Å²) in [5.74, 6) is 0. The summed E-state index contributed by atoms with van der Waals surface area (Å²) in [7, 11) is -6.47. The Morgan fingerprint density at radius 1 is 1.12 bits per heavy atom. The standard InChI is InChI=1S/Cd.O5P2/c;1-6(2)5-7(3)4/q+2;. The first-order valence-electron chi connectivity index (χ1n) is 1.10. The Morgan fingerprint density at radius 3 is 1.38 bits per heavy atom. The van der Waals surface area contributed by atoms with Crippen molar-refractivity contribution in [2.45, 2.75) is 0 Å². The Balaban J connectivity index is 0. The van der Waals surface area contributed by atoms with E-state index in [2.05, 4.69) is 4.31 Å². The fourth-order valence-electron chi connectivity index (χ4n) is 0.0544. The molecule has 0 aliphatic carbocycles. The van der Waals surface area contributed by atoms with Crippen molar-refractivity contribution < 1.29 is 50.5 Å². The van der Waals surface area contributed by atoms with Crippen LogP contribution >= 0.6 is 16.5 Å². The second kappa shape index (κ2) is 6.13. The minimum atomic E-state index is -3.24. The van der Waals surface area contributed by atoms with Gasteiger partial charge in [0.15, 0.2) is 0 Å². The average molecular weight is 254 g/mol. The monoisotopic (exact) mass is 256 g/mol. The summed E-state index contributed by atoms with van der Waals surface area (Å²) >= 11 is 0. The van der Waals surface area contributed by atoms with Gasteiger partial charge in [-0.25, -0.2) is 0 Å². The first-order chi connectivity index (χ1) is 3.13. The molecule has 5 nitrogen and oxygen atoms in total. The molecule has 0 radical (unpaired) electrons. The minimum absolute atomic E-state index is 0. The van der Waals surface area contributed by atoms with Crippen LogP contribution in [0.1, 0.15) is 0 Å². The number of hydrogen-bond donors (Lipinski definition) is 0. The predicted octanol–water partition coefficient (Wildman–Crippen LogP) is -0.964. The van der Waals surface area contributed by atoms with E-state index in [9.17, 15) is 18.9 Å². The Bertz CT molecular complexity index is 86.6. The average Bonchev–Trinajstić information content (AvgIpc) is 1.27. The van der Waals surface area contributed by atoms with Crippen molar-refractivity contribution in [2.75, 3.05) is 0 Å². The molecule has 0 saturated carbocycles. The van der Waals surface area contributed by atoms with E-state index in [0.29, 0.717) is 0 Å². The van der Waals surface area contributed by atoms with Gasteiger partial charge in [0.25, 0.3) is 0 Å². The maximum Gasteiger partial charge on any atom is 2.00 e. The van der Waals surface area contributed by atoms with Gasteiger partial charge in [0, 0.05) is 0 Å². The van der Waals surface area contributed by atoms with E-state index in [0.717, 1.165) is 0 Å². The van der Waals surface area contributed by atoms with Gasteiger partial charge in [0.05, 0.1) is 0 Å². The third-order valence-electron chi connectivity index (χ3n) is 0.133. The molecule has 0 saturated heterocycles. The Labute approximate surface area is 67.1 Å². The second-order valence-corrected chi connectivity index (χ2v) is 2.08. The third-order valence-corrected chi connectivity index (χ3v) is 1.20. The van der Waals surface area contributed by atoms with Crippen molar-refractivity contribution in [3.05, 3.63) is 0 Å². The normalized spacial score (nSPS) is 11.8. The molecule has 0 aliphatic heterocycles. The molecular formula is CdO5P2+2. The molecule has 8 heavy (non-hydrogen) atoms. The maximum atomic E-state index is 9.24. The molecule has 0 spiro atoms. The van der Waals surface area contributed by atoms with Gasteiger partial charge < -0.3 is 9.79 Å². The molecule has 0 heterocycles. The van der Waals surface area contributed by atoms with Gasteiger partial charge in [-0.1, -0.05) is 0 Å². The molecule has 0 aromatic carbocycles. The Morgan fingerprint density at radius 2 is 1.38 bits per heavy atom. The molecular weight excluding hydrogens is 254 g/mol. The summed E-state index contributed by atoms with van der Waals surface area (Å²) in [5.41, 5.74) is 0. The first kappa shape index (κ1) is 11.8. The molecule has 0 aromatic rings. The largest absolute Gasteiger partial charge is 2.00 e. The van der Waals surface area contributed by atoms with Crippen molar-refractivity contribution in [2.24, 2.45) is 0 Å².